The summed E-state index contributed by atoms with van der Waals surface area (Å²) in [6.45, 7) is 4.07. The molecule has 0 aliphatic rings. The molecule has 4 nitrogen and oxygen atoms in total. The number of nitrogens with zero attached hydrogens (tertiary/aromatic N) is 1. The minimum absolute atomic E-state index is 0.121. The van der Waals surface area contributed by atoms with Crippen molar-refractivity contribution < 1.29 is 13.9 Å². The van der Waals surface area contributed by atoms with Crippen molar-refractivity contribution >= 4 is 5.69 Å². The van der Waals surface area contributed by atoms with Crippen molar-refractivity contribution in [3.05, 3.63) is 48.0 Å². The average Bonchev–Trinajstić information content (AvgIpc) is 2.44. The van der Waals surface area contributed by atoms with E-state index in [1.54, 1.807) is 6.20 Å². The first kappa shape index (κ1) is 15.1. The van der Waals surface area contributed by atoms with E-state index in [1.165, 1.54) is 12.1 Å². The normalized spacial score (nSPS) is 10.7. The van der Waals surface area contributed by atoms with E-state index >= 15 is 0 Å². The van der Waals surface area contributed by atoms with Crippen molar-refractivity contribution in [3.8, 4) is 11.5 Å². The maximum Gasteiger partial charge on any atom is 0.167 e. The van der Waals surface area contributed by atoms with E-state index in [0.29, 0.717) is 18.8 Å². The number of aromatic nitrogens is 1. The minimum Gasteiger partial charge on any atom is -0.491 e. The zero-order valence-electron chi connectivity index (χ0n) is 12.2. The van der Waals surface area contributed by atoms with Crippen LogP contribution >= 0.6 is 0 Å². The second kappa shape index (κ2) is 6.92. The Hall–Kier alpha value is -2.30. The van der Waals surface area contributed by atoms with Crippen LogP contribution in [-0.4, -0.2) is 17.7 Å². The first-order chi connectivity index (χ1) is 10.1. The van der Waals surface area contributed by atoms with Gasteiger partial charge in [0.15, 0.2) is 11.6 Å². The van der Waals surface area contributed by atoms with Crippen molar-refractivity contribution in [1.29, 1.82) is 0 Å². The van der Waals surface area contributed by atoms with E-state index in [-0.39, 0.29) is 17.5 Å². The number of rotatable bonds is 6. The summed E-state index contributed by atoms with van der Waals surface area (Å²) in [6.07, 6.45) is 2.26. The molecule has 1 heterocycles. The molecule has 0 spiro atoms. The smallest absolute Gasteiger partial charge is 0.167 e. The van der Waals surface area contributed by atoms with Crippen LogP contribution in [-0.2, 0) is 6.42 Å². The number of hydrogen-bond donors (Lipinski definition) is 1. The molecule has 1 aromatic carbocycles. The molecular formula is C16H19FN2O2. The maximum atomic E-state index is 13.7. The number of anilines is 1. The van der Waals surface area contributed by atoms with Gasteiger partial charge in [0.2, 0.25) is 0 Å². The molecule has 0 saturated heterocycles. The Balaban J connectivity index is 2.02. The Morgan fingerprint density at radius 3 is 2.71 bits per heavy atom. The van der Waals surface area contributed by atoms with Crippen molar-refractivity contribution in [2.24, 2.45) is 0 Å². The Labute approximate surface area is 123 Å². The van der Waals surface area contributed by atoms with Gasteiger partial charge in [-0.15, -0.1) is 0 Å². The lowest BCUT2D eigenvalue weighted by molar-refractivity contribution is 0.229. The lowest BCUT2D eigenvalue weighted by Gasteiger charge is -2.14. The van der Waals surface area contributed by atoms with E-state index < -0.39 is 5.82 Å². The highest BCUT2D eigenvalue weighted by molar-refractivity contribution is 5.56. The number of halogens is 1. The van der Waals surface area contributed by atoms with Gasteiger partial charge >= 0.3 is 0 Å². The molecule has 0 fully saturated rings. The number of pyridine rings is 1. The van der Waals surface area contributed by atoms with Gasteiger partial charge in [-0.3, -0.25) is 4.98 Å². The van der Waals surface area contributed by atoms with Gasteiger partial charge in [0.25, 0.3) is 0 Å². The number of nitrogens with two attached hydrogens (primary N) is 1. The molecule has 5 heteroatoms. The van der Waals surface area contributed by atoms with E-state index in [1.807, 2.05) is 32.0 Å². The third-order valence-electron chi connectivity index (χ3n) is 2.77. The summed E-state index contributed by atoms with van der Waals surface area (Å²) in [5, 5.41) is 0. The third-order valence-corrected chi connectivity index (χ3v) is 2.77. The van der Waals surface area contributed by atoms with Crippen LogP contribution < -0.4 is 15.2 Å². The molecule has 0 aliphatic carbocycles. The van der Waals surface area contributed by atoms with Crippen LogP contribution in [0.1, 0.15) is 19.5 Å². The molecule has 21 heavy (non-hydrogen) atoms. The van der Waals surface area contributed by atoms with Crippen LogP contribution in [0, 0.1) is 5.82 Å². The highest BCUT2D eigenvalue weighted by atomic mass is 19.1. The molecule has 2 rings (SSSR count). The molecular weight excluding hydrogens is 271 g/mol. The number of ether oxygens (including phenoxy) is 2. The quantitative estimate of drug-likeness (QED) is 0.830. The molecule has 0 amide bonds. The lowest BCUT2D eigenvalue weighted by atomic mass is 10.2. The highest BCUT2D eigenvalue weighted by Crippen LogP contribution is 2.30. The Kier molecular flexibility index (Phi) is 4.98. The van der Waals surface area contributed by atoms with Gasteiger partial charge in [0.1, 0.15) is 5.75 Å². The SMILES string of the molecule is CC(C)Oc1cc(OCCc2ccccn2)c(N)cc1F. The molecule has 0 aliphatic heterocycles. The second-order valence-electron chi connectivity index (χ2n) is 4.91. The summed E-state index contributed by atoms with van der Waals surface area (Å²) in [4.78, 5) is 4.21. The van der Waals surface area contributed by atoms with Gasteiger partial charge in [-0.05, 0) is 26.0 Å². The molecule has 0 atom stereocenters. The predicted molar refractivity (Wildman–Crippen MR) is 80.0 cm³/mol. The van der Waals surface area contributed by atoms with E-state index in [2.05, 4.69) is 4.98 Å². The molecule has 0 bridgehead atoms. The van der Waals surface area contributed by atoms with Crippen molar-refractivity contribution in [3.63, 3.8) is 0 Å². The van der Waals surface area contributed by atoms with E-state index in [4.69, 9.17) is 15.2 Å². The monoisotopic (exact) mass is 290 g/mol. The van der Waals surface area contributed by atoms with Crippen LogP contribution in [0.15, 0.2) is 36.5 Å². The predicted octanol–water partition coefficient (Wildman–Crippen LogP) is 3.21. The topological polar surface area (TPSA) is 57.4 Å². The van der Waals surface area contributed by atoms with Crippen molar-refractivity contribution in [2.45, 2.75) is 26.4 Å². The fourth-order valence-corrected chi connectivity index (χ4v) is 1.83. The highest BCUT2D eigenvalue weighted by Gasteiger charge is 2.11. The second-order valence-corrected chi connectivity index (χ2v) is 4.91. The van der Waals surface area contributed by atoms with Crippen LogP contribution in [0.25, 0.3) is 0 Å². The van der Waals surface area contributed by atoms with Crippen LogP contribution in [0.2, 0.25) is 0 Å². The molecule has 1 aromatic heterocycles. The maximum absolute atomic E-state index is 13.7. The fraction of sp³-hybridized carbons (Fsp3) is 0.312. The first-order valence-corrected chi connectivity index (χ1v) is 6.84. The van der Waals surface area contributed by atoms with Gasteiger partial charge in [0, 0.05) is 30.4 Å². The van der Waals surface area contributed by atoms with Crippen LogP contribution in [0.5, 0.6) is 11.5 Å². The van der Waals surface area contributed by atoms with Gasteiger partial charge in [-0.1, -0.05) is 6.07 Å². The van der Waals surface area contributed by atoms with Gasteiger partial charge in [-0.2, -0.15) is 0 Å². The third kappa shape index (κ3) is 4.34. The number of hydrogen-bond acceptors (Lipinski definition) is 4. The van der Waals surface area contributed by atoms with E-state index in [0.717, 1.165) is 5.69 Å². The molecule has 0 saturated carbocycles. The minimum atomic E-state index is -0.488. The molecule has 2 N–H and O–H groups in total. The summed E-state index contributed by atoms with van der Waals surface area (Å²) in [7, 11) is 0. The zero-order chi connectivity index (χ0) is 15.2. The Morgan fingerprint density at radius 1 is 1.24 bits per heavy atom. The summed E-state index contributed by atoms with van der Waals surface area (Å²) in [6, 6.07) is 8.41. The molecule has 0 radical (unpaired) electrons. The summed E-state index contributed by atoms with van der Waals surface area (Å²) in [5.41, 5.74) is 6.95. The zero-order valence-corrected chi connectivity index (χ0v) is 12.2. The molecule has 2 aromatic rings. The van der Waals surface area contributed by atoms with Crippen molar-refractivity contribution in [2.75, 3.05) is 12.3 Å². The standard InChI is InChI=1S/C16H19FN2O2/c1-11(2)21-15-10-16(14(18)9-13(15)17)20-8-6-12-5-3-4-7-19-12/h3-5,7,9-11H,6,8,18H2,1-2H3. The molecule has 0 unspecified atom stereocenters. The Morgan fingerprint density at radius 2 is 2.05 bits per heavy atom. The average molecular weight is 290 g/mol. The van der Waals surface area contributed by atoms with Crippen LogP contribution in [0.3, 0.4) is 0 Å². The van der Waals surface area contributed by atoms with Gasteiger partial charge in [0.05, 0.1) is 18.4 Å². The summed E-state index contributed by atoms with van der Waals surface area (Å²) in [5.74, 6) is 0.0771. The Bertz CT molecular complexity index is 588. The summed E-state index contributed by atoms with van der Waals surface area (Å²) < 4.78 is 24.7. The fourth-order valence-electron chi connectivity index (χ4n) is 1.83. The van der Waals surface area contributed by atoms with E-state index in [9.17, 15) is 4.39 Å². The van der Waals surface area contributed by atoms with Crippen LogP contribution in [0.4, 0.5) is 10.1 Å². The van der Waals surface area contributed by atoms with Crippen molar-refractivity contribution in [1.82, 2.24) is 4.98 Å². The van der Waals surface area contributed by atoms with Gasteiger partial charge < -0.3 is 15.2 Å². The summed E-state index contributed by atoms with van der Waals surface area (Å²) >= 11 is 0. The number of nitrogen functional groups attached to an aromatic ring is 1. The number of benzene rings is 1. The largest absolute Gasteiger partial charge is 0.491 e. The van der Waals surface area contributed by atoms with Gasteiger partial charge in [-0.25, -0.2) is 4.39 Å². The molecule has 112 valence electrons. The first-order valence-electron chi connectivity index (χ1n) is 6.84. The lowest BCUT2D eigenvalue weighted by Crippen LogP contribution is -2.09.